The number of carboxylic acid groups (broad SMARTS) is 1. The lowest BCUT2D eigenvalue weighted by Gasteiger charge is -2.23. The number of carboxylic acids is 1. The molecule has 0 aliphatic heterocycles. The van der Waals surface area contributed by atoms with Crippen molar-refractivity contribution in [3.63, 3.8) is 0 Å². The lowest BCUT2D eigenvalue weighted by atomic mass is 9.98. The number of benzene rings is 2. The van der Waals surface area contributed by atoms with E-state index in [0.29, 0.717) is 12.2 Å². The molecule has 1 atom stereocenters. The summed E-state index contributed by atoms with van der Waals surface area (Å²) in [6.07, 6.45) is 1.53. The molecule has 0 saturated heterocycles. The van der Waals surface area contributed by atoms with Crippen LogP contribution >= 0.6 is 11.8 Å². The zero-order chi connectivity index (χ0) is 23.1. The number of rotatable bonds is 10. The molecule has 1 aliphatic rings. The van der Waals surface area contributed by atoms with Crippen molar-refractivity contribution in [2.24, 2.45) is 0 Å². The van der Waals surface area contributed by atoms with Crippen LogP contribution in [0.15, 0.2) is 48.5 Å². The summed E-state index contributed by atoms with van der Waals surface area (Å²) in [6.45, 7) is -0.517. The molecule has 0 aromatic heterocycles. The first kappa shape index (κ1) is 23.6. The lowest BCUT2D eigenvalue weighted by Crippen LogP contribution is -2.48. The van der Waals surface area contributed by atoms with Crippen LogP contribution in [0.25, 0.3) is 11.1 Å². The van der Waals surface area contributed by atoms with E-state index >= 15 is 0 Å². The van der Waals surface area contributed by atoms with Crippen LogP contribution in [-0.4, -0.2) is 66.5 Å². The van der Waals surface area contributed by atoms with Gasteiger partial charge in [0.15, 0.2) is 6.61 Å². The van der Waals surface area contributed by atoms with Crippen LogP contribution in [0.3, 0.4) is 0 Å². The fourth-order valence-electron chi connectivity index (χ4n) is 3.71. The minimum atomic E-state index is -1.20. The number of carbonyl (C=O) groups is 3. The Morgan fingerprint density at radius 2 is 1.69 bits per heavy atom. The largest absolute Gasteiger partial charge is 0.479 e. The summed E-state index contributed by atoms with van der Waals surface area (Å²) >= 11 is 1.52. The molecular weight excluding hydrogens is 432 g/mol. The molecule has 0 heterocycles. The lowest BCUT2D eigenvalue weighted by molar-refractivity contribution is -0.187. The van der Waals surface area contributed by atoms with Gasteiger partial charge in [-0.2, -0.15) is 11.8 Å². The van der Waals surface area contributed by atoms with Crippen LogP contribution in [0.4, 0.5) is 4.79 Å². The highest BCUT2D eigenvalue weighted by Gasteiger charge is 2.30. The first-order chi connectivity index (χ1) is 15.4. The summed E-state index contributed by atoms with van der Waals surface area (Å²) in [7, 11) is 1.32. The monoisotopic (exact) mass is 458 g/mol. The van der Waals surface area contributed by atoms with E-state index < -0.39 is 30.6 Å². The second-order valence-electron chi connectivity index (χ2n) is 7.31. The van der Waals surface area contributed by atoms with Crippen molar-refractivity contribution in [3.8, 4) is 11.1 Å². The highest BCUT2D eigenvalue weighted by molar-refractivity contribution is 7.98. The zero-order valence-corrected chi connectivity index (χ0v) is 18.8. The molecule has 0 bridgehead atoms. The van der Waals surface area contributed by atoms with Crippen molar-refractivity contribution in [3.05, 3.63) is 59.7 Å². The Bertz CT molecular complexity index is 937. The van der Waals surface area contributed by atoms with Crippen molar-refractivity contribution in [2.75, 3.05) is 32.3 Å². The smallest absolute Gasteiger partial charge is 0.407 e. The van der Waals surface area contributed by atoms with Gasteiger partial charge in [0, 0.05) is 13.0 Å². The Morgan fingerprint density at radius 1 is 1.09 bits per heavy atom. The molecular formula is C23H26N2O6S. The second kappa shape index (κ2) is 11.0. The standard InChI is InChI=1S/C23H26N2O6S/c1-25(31-14-21(26)27)22(28)20(11-12-32-2)24-23(29)30-13-19-17-9-5-3-7-15(17)16-8-4-6-10-18(16)19/h3-10,19-20H,11-14H2,1-2H3,(H,24,29)(H,26,27). The Kier molecular flexibility index (Phi) is 8.13. The van der Waals surface area contributed by atoms with Crippen molar-refractivity contribution in [1.82, 2.24) is 10.4 Å². The Morgan fingerprint density at radius 3 is 2.25 bits per heavy atom. The number of aliphatic carboxylic acids is 1. The minimum Gasteiger partial charge on any atom is -0.479 e. The molecule has 170 valence electrons. The summed E-state index contributed by atoms with van der Waals surface area (Å²) < 4.78 is 5.52. The SMILES string of the molecule is CSCCC(NC(=O)OCC1c2ccccc2-c2ccccc21)C(=O)N(C)OCC(=O)O. The second-order valence-corrected chi connectivity index (χ2v) is 8.29. The molecule has 0 fully saturated rings. The third-order valence-corrected chi connectivity index (χ3v) is 5.88. The van der Waals surface area contributed by atoms with Crippen LogP contribution < -0.4 is 5.32 Å². The predicted molar refractivity (Wildman–Crippen MR) is 121 cm³/mol. The van der Waals surface area contributed by atoms with Gasteiger partial charge in [0.2, 0.25) is 0 Å². The highest BCUT2D eigenvalue weighted by Crippen LogP contribution is 2.44. The van der Waals surface area contributed by atoms with Crippen LogP contribution in [-0.2, 0) is 19.2 Å². The quantitative estimate of drug-likeness (QED) is 0.527. The van der Waals surface area contributed by atoms with Gasteiger partial charge in [-0.05, 0) is 40.7 Å². The summed E-state index contributed by atoms with van der Waals surface area (Å²) in [5.74, 6) is -1.22. The minimum absolute atomic E-state index is 0.0879. The molecule has 8 nitrogen and oxygen atoms in total. The third-order valence-electron chi connectivity index (χ3n) is 5.24. The van der Waals surface area contributed by atoms with E-state index in [2.05, 4.69) is 17.4 Å². The van der Waals surface area contributed by atoms with Crippen LogP contribution in [0.1, 0.15) is 23.5 Å². The molecule has 0 radical (unpaired) electrons. The predicted octanol–water partition coefficient (Wildman–Crippen LogP) is 3.12. The van der Waals surface area contributed by atoms with Gasteiger partial charge >= 0.3 is 12.1 Å². The molecule has 9 heteroatoms. The number of nitrogens with one attached hydrogen (secondary N) is 1. The maximum atomic E-state index is 12.6. The molecule has 0 saturated carbocycles. The zero-order valence-electron chi connectivity index (χ0n) is 17.9. The van der Waals surface area contributed by atoms with Gasteiger partial charge in [-0.3, -0.25) is 9.63 Å². The number of carbonyl (C=O) groups excluding carboxylic acids is 2. The van der Waals surface area contributed by atoms with E-state index in [-0.39, 0.29) is 12.5 Å². The fourth-order valence-corrected chi connectivity index (χ4v) is 4.18. The van der Waals surface area contributed by atoms with E-state index in [0.717, 1.165) is 27.3 Å². The number of ether oxygens (including phenoxy) is 1. The maximum absolute atomic E-state index is 12.6. The highest BCUT2D eigenvalue weighted by atomic mass is 32.2. The van der Waals surface area contributed by atoms with Gasteiger partial charge in [0.1, 0.15) is 12.6 Å². The first-order valence-electron chi connectivity index (χ1n) is 10.1. The van der Waals surface area contributed by atoms with Gasteiger partial charge in [-0.15, -0.1) is 0 Å². The van der Waals surface area contributed by atoms with Crippen molar-refractivity contribution < 1.29 is 29.1 Å². The molecule has 2 aromatic rings. The fraction of sp³-hybridized carbons (Fsp3) is 0.348. The van der Waals surface area contributed by atoms with Gasteiger partial charge in [0.05, 0.1) is 0 Å². The van der Waals surface area contributed by atoms with Crippen LogP contribution in [0.5, 0.6) is 0 Å². The molecule has 2 N–H and O–H groups in total. The number of alkyl carbamates (subject to hydrolysis) is 1. The summed E-state index contributed by atoms with van der Waals surface area (Å²) in [4.78, 5) is 40.7. The van der Waals surface area contributed by atoms with Gasteiger partial charge in [0.25, 0.3) is 5.91 Å². The first-order valence-corrected chi connectivity index (χ1v) is 11.5. The van der Waals surface area contributed by atoms with Crippen molar-refractivity contribution in [2.45, 2.75) is 18.4 Å². The van der Waals surface area contributed by atoms with E-state index in [4.69, 9.17) is 14.7 Å². The number of hydrogen-bond donors (Lipinski definition) is 2. The Balaban J connectivity index is 1.64. The molecule has 2 aromatic carbocycles. The number of hydrogen-bond acceptors (Lipinski definition) is 6. The van der Waals surface area contributed by atoms with Gasteiger partial charge in [-0.1, -0.05) is 48.5 Å². The van der Waals surface area contributed by atoms with Crippen molar-refractivity contribution >= 4 is 29.7 Å². The van der Waals surface area contributed by atoms with Crippen LogP contribution in [0.2, 0.25) is 0 Å². The summed E-state index contributed by atoms with van der Waals surface area (Å²) in [5, 5.41) is 12.2. The number of fused-ring (bicyclic) bond motifs is 3. The molecule has 32 heavy (non-hydrogen) atoms. The number of amides is 2. The number of nitrogens with zero attached hydrogens (tertiary/aromatic N) is 1. The average molecular weight is 459 g/mol. The topological polar surface area (TPSA) is 105 Å². The molecule has 1 aliphatic carbocycles. The maximum Gasteiger partial charge on any atom is 0.407 e. The van der Waals surface area contributed by atoms with Crippen molar-refractivity contribution in [1.29, 1.82) is 0 Å². The van der Waals surface area contributed by atoms with E-state index in [1.165, 1.54) is 18.8 Å². The van der Waals surface area contributed by atoms with E-state index in [1.807, 2.05) is 42.7 Å². The number of likely N-dealkylation sites (N-methyl/N-ethyl adjacent to an activating group) is 1. The van der Waals surface area contributed by atoms with Crippen LogP contribution in [0, 0.1) is 0 Å². The third kappa shape index (κ3) is 5.60. The number of hydroxylamine groups is 2. The van der Waals surface area contributed by atoms with Gasteiger partial charge in [-0.25, -0.2) is 14.7 Å². The van der Waals surface area contributed by atoms with E-state index in [9.17, 15) is 14.4 Å². The molecule has 3 rings (SSSR count). The molecule has 0 spiro atoms. The normalized spacial score (nSPS) is 13.1. The Labute approximate surface area is 190 Å². The summed E-state index contributed by atoms with van der Waals surface area (Å²) in [6, 6.07) is 15.2. The Hall–Kier alpha value is -3.04. The summed E-state index contributed by atoms with van der Waals surface area (Å²) in [5.41, 5.74) is 4.45. The van der Waals surface area contributed by atoms with Gasteiger partial charge < -0.3 is 15.2 Å². The molecule has 1 unspecified atom stereocenters. The average Bonchev–Trinajstić information content (AvgIpc) is 3.12. The molecule has 2 amide bonds. The number of thioether (sulfide) groups is 1. The van der Waals surface area contributed by atoms with E-state index in [1.54, 1.807) is 0 Å².